The van der Waals surface area contributed by atoms with Crippen LogP contribution in [-0.2, 0) is 4.74 Å². The number of esters is 1. The number of carbonyl (C=O) groups is 1. The SMILES string of the molecule is CCOC(=O)c1cnc(-c2cc(Cl)ccn2)nc1. The van der Waals surface area contributed by atoms with Crippen molar-refractivity contribution in [1.82, 2.24) is 15.0 Å². The maximum atomic E-state index is 11.4. The van der Waals surface area contributed by atoms with E-state index >= 15 is 0 Å². The molecule has 6 heteroatoms. The second kappa shape index (κ2) is 5.55. The Balaban J connectivity index is 2.25. The van der Waals surface area contributed by atoms with Gasteiger partial charge in [0.2, 0.25) is 0 Å². The van der Waals surface area contributed by atoms with Crippen molar-refractivity contribution in [3.63, 3.8) is 0 Å². The lowest BCUT2D eigenvalue weighted by Gasteiger charge is -2.02. The van der Waals surface area contributed by atoms with Gasteiger partial charge in [0.05, 0.1) is 12.2 Å². The summed E-state index contributed by atoms with van der Waals surface area (Å²) in [6.45, 7) is 2.06. The fraction of sp³-hybridized carbons (Fsp3) is 0.167. The summed E-state index contributed by atoms with van der Waals surface area (Å²) in [7, 11) is 0. The molecular formula is C12H10ClN3O2. The molecule has 5 nitrogen and oxygen atoms in total. The fourth-order valence-corrected chi connectivity index (χ4v) is 1.47. The Labute approximate surface area is 109 Å². The molecule has 0 bridgehead atoms. The van der Waals surface area contributed by atoms with Crippen molar-refractivity contribution in [3.05, 3.63) is 41.3 Å². The molecule has 0 unspecified atom stereocenters. The highest BCUT2D eigenvalue weighted by Gasteiger charge is 2.09. The van der Waals surface area contributed by atoms with Gasteiger partial charge in [-0.05, 0) is 19.1 Å². The minimum Gasteiger partial charge on any atom is -0.462 e. The number of rotatable bonds is 3. The van der Waals surface area contributed by atoms with Crippen molar-refractivity contribution >= 4 is 17.6 Å². The van der Waals surface area contributed by atoms with Crippen LogP contribution >= 0.6 is 11.6 Å². The van der Waals surface area contributed by atoms with Crippen LogP contribution in [0.5, 0.6) is 0 Å². The standard InChI is InChI=1S/C12H10ClN3O2/c1-2-18-12(17)8-6-15-11(16-7-8)10-5-9(13)3-4-14-10/h3-7H,2H2,1H3. The normalized spacial score (nSPS) is 10.1. The first-order valence-corrected chi connectivity index (χ1v) is 5.69. The lowest BCUT2D eigenvalue weighted by atomic mass is 10.3. The van der Waals surface area contributed by atoms with Gasteiger partial charge in [0.15, 0.2) is 5.82 Å². The van der Waals surface area contributed by atoms with E-state index in [1.54, 1.807) is 25.3 Å². The van der Waals surface area contributed by atoms with Crippen LogP contribution in [0.4, 0.5) is 0 Å². The highest BCUT2D eigenvalue weighted by molar-refractivity contribution is 6.30. The molecule has 0 radical (unpaired) electrons. The molecule has 0 aromatic carbocycles. The average Bonchev–Trinajstić information content (AvgIpc) is 2.39. The van der Waals surface area contributed by atoms with E-state index in [4.69, 9.17) is 16.3 Å². The van der Waals surface area contributed by atoms with Crippen molar-refractivity contribution in [3.8, 4) is 11.5 Å². The fourth-order valence-electron chi connectivity index (χ4n) is 1.31. The van der Waals surface area contributed by atoms with E-state index in [9.17, 15) is 4.79 Å². The summed E-state index contributed by atoms with van der Waals surface area (Å²) in [5, 5.41) is 0.554. The molecule has 2 aromatic rings. The zero-order valence-corrected chi connectivity index (χ0v) is 10.4. The van der Waals surface area contributed by atoms with E-state index in [2.05, 4.69) is 15.0 Å². The maximum Gasteiger partial charge on any atom is 0.341 e. The first kappa shape index (κ1) is 12.4. The summed E-state index contributed by atoms with van der Waals surface area (Å²) >= 11 is 5.85. The van der Waals surface area contributed by atoms with Gasteiger partial charge in [-0.1, -0.05) is 11.6 Å². The molecule has 2 aromatic heterocycles. The second-order valence-corrected chi connectivity index (χ2v) is 3.81. The summed E-state index contributed by atoms with van der Waals surface area (Å²) in [5.74, 6) is -0.0337. The van der Waals surface area contributed by atoms with E-state index in [0.717, 1.165) is 0 Å². The molecule has 0 N–H and O–H groups in total. The molecule has 0 aliphatic heterocycles. The Bertz CT molecular complexity index is 558. The van der Waals surface area contributed by atoms with Crippen LogP contribution in [0.2, 0.25) is 5.02 Å². The molecule has 92 valence electrons. The number of hydrogen-bond acceptors (Lipinski definition) is 5. The van der Waals surface area contributed by atoms with Crippen LogP contribution in [0, 0.1) is 0 Å². The molecule has 0 saturated carbocycles. The number of ether oxygens (including phenoxy) is 1. The molecule has 2 heterocycles. The minimum absolute atomic E-state index is 0.308. The van der Waals surface area contributed by atoms with E-state index in [1.807, 2.05) is 0 Å². The van der Waals surface area contributed by atoms with Crippen LogP contribution in [0.3, 0.4) is 0 Å². The number of nitrogens with zero attached hydrogens (tertiary/aromatic N) is 3. The van der Waals surface area contributed by atoms with Crippen molar-refractivity contribution in [2.45, 2.75) is 6.92 Å². The topological polar surface area (TPSA) is 65.0 Å². The molecule has 0 spiro atoms. The first-order chi connectivity index (χ1) is 8.70. The van der Waals surface area contributed by atoms with Crippen LogP contribution in [-0.4, -0.2) is 27.5 Å². The van der Waals surface area contributed by atoms with Crippen molar-refractivity contribution < 1.29 is 9.53 Å². The van der Waals surface area contributed by atoms with Crippen LogP contribution in [0.25, 0.3) is 11.5 Å². The molecule has 0 aliphatic rings. The molecule has 0 atom stereocenters. The largest absolute Gasteiger partial charge is 0.462 e. The Morgan fingerprint density at radius 3 is 2.67 bits per heavy atom. The molecule has 0 aliphatic carbocycles. The van der Waals surface area contributed by atoms with E-state index in [1.165, 1.54) is 12.4 Å². The molecule has 0 saturated heterocycles. The predicted molar refractivity (Wildman–Crippen MR) is 66.2 cm³/mol. The van der Waals surface area contributed by atoms with Crippen LogP contribution in [0.15, 0.2) is 30.7 Å². The maximum absolute atomic E-state index is 11.4. The third-order valence-electron chi connectivity index (χ3n) is 2.11. The molecule has 0 amide bonds. The second-order valence-electron chi connectivity index (χ2n) is 3.38. The highest BCUT2D eigenvalue weighted by Crippen LogP contribution is 2.16. The van der Waals surface area contributed by atoms with Crippen molar-refractivity contribution in [1.29, 1.82) is 0 Å². The number of carbonyl (C=O) groups excluding carboxylic acids is 1. The summed E-state index contributed by atoms with van der Waals surface area (Å²) in [4.78, 5) is 23.6. The zero-order chi connectivity index (χ0) is 13.0. The van der Waals surface area contributed by atoms with Gasteiger partial charge in [-0.15, -0.1) is 0 Å². The minimum atomic E-state index is -0.442. The Kier molecular flexibility index (Phi) is 3.84. The number of pyridine rings is 1. The summed E-state index contributed by atoms with van der Waals surface area (Å²) in [6.07, 6.45) is 4.38. The van der Waals surface area contributed by atoms with Crippen LogP contribution < -0.4 is 0 Å². The van der Waals surface area contributed by atoms with Gasteiger partial charge in [-0.3, -0.25) is 4.98 Å². The number of halogens is 1. The highest BCUT2D eigenvalue weighted by atomic mass is 35.5. The lowest BCUT2D eigenvalue weighted by Crippen LogP contribution is -2.06. The first-order valence-electron chi connectivity index (χ1n) is 5.32. The van der Waals surface area contributed by atoms with E-state index < -0.39 is 5.97 Å². The van der Waals surface area contributed by atoms with E-state index in [-0.39, 0.29) is 0 Å². The average molecular weight is 264 g/mol. The summed E-state index contributed by atoms with van der Waals surface area (Å²) in [6, 6.07) is 3.32. The Hall–Kier alpha value is -2.01. The Morgan fingerprint density at radius 2 is 2.06 bits per heavy atom. The third-order valence-corrected chi connectivity index (χ3v) is 2.35. The van der Waals surface area contributed by atoms with Gasteiger partial charge in [0.1, 0.15) is 5.69 Å². The Morgan fingerprint density at radius 1 is 1.33 bits per heavy atom. The van der Waals surface area contributed by atoms with Gasteiger partial charge < -0.3 is 4.74 Å². The summed E-state index contributed by atoms with van der Waals surface area (Å²) in [5.41, 5.74) is 0.862. The summed E-state index contributed by atoms with van der Waals surface area (Å²) < 4.78 is 4.84. The molecule has 2 rings (SSSR count). The predicted octanol–water partition coefficient (Wildman–Crippen LogP) is 2.37. The van der Waals surface area contributed by atoms with Gasteiger partial charge in [-0.25, -0.2) is 14.8 Å². The molecule has 18 heavy (non-hydrogen) atoms. The van der Waals surface area contributed by atoms with E-state index in [0.29, 0.717) is 28.7 Å². The third kappa shape index (κ3) is 2.81. The smallest absolute Gasteiger partial charge is 0.341 e. The van der Waals surface area contributed by atoms with Crippen LogP contribution in [0.1, 0.15) is 17.3 Å². The molecule has 0 fully saturated rings. The van der Waals surface area contributed by atoms with Crippen molar-refractivity contribution in [2.24, 2.45) is 0 Å². The lowest BCUT2D eigenvalue weighted by molar-refractivity contribution is 0.0525. The van der Waals surface area contributed by atoms with Gasteiger partial charge >= 0.3 is 5.97 Å². The zero-order valence-electron chi connectivity index (χ0n) is 9.63. The van der Waals surface area contributed by atoms with Gasteiger partial charge in [0, 0.05) is 23.6 Å². The number of hydrogen-bond donors (Lipinski definition) is 0. The number of aromatic nitrogens is 3. The molecular weight excluding hydrogens is 254 g/mol. The quantitative estimate of drug-likeness (QED) is 0.796. The van der Waals surface area contributed by atoms with Gasteiger partial charge in [0.25, 0.3) is 0 Å². The van der Waals surface area contributed by atoms with Gasteiger partial charge in [-0.2, -0.15) is 0 Å². The van der Waals surface area contributed by atoms with Crippen molar-refractivity contribution in [2.75, 3.05) is 6.61 Å². The monoisotopic (exact) mass is 263 g/mol.